The van der Waals surface area contributed by atoms with Crippen LogP contribution in [0.5, 0.6) is 5.75 Å². The highest BCUT2D eigenvalue weighted by atomic mass is 35.5. The number of rotatable bonds is 9. The number of unbranched alkanes of at least 4 members (excludes halogenated alkanes) is 1. The van der Waals surface area contributed by atoms with Gasteiger partial charge < -0.3 is 20.8 Å². The van der Waals surface area contributed by atoms with Crippen molar-refractivity contribution in [2.45, 2.75) is 33.1 Å². The Bertz CT molecular complexity index is 706. The summed E-state index contributed by atoms with van der Waals surface area (Å²) in [6.45, 7) is 7.47. The molecule has 0 aromatic heterocycles. The number of quaternary nitrogens is 1. The maximum absolute atomic E-state index is 11.4. The van der Waals surface area contributed by atoms with Crippen LogP contribution < -0.4 is 15.7 Å². The Labute approximate surface area is 166 Å². The summed E-state index contributed by atoms with van der Waals surface area (Å²) >= 11 is 5.93. The van der Waals surface area contributed by atoms with Crippen molar-refractivity contribution in [3.8, 4) is 5.75 Å². The lowest BCUT2D eigenvalue weighted by Crippen LogP contribution is -2.82. The Morgan fingerprint density at radius 1 is 1.15 bits per heavy atom. The number of aromatic carboxylic acids is 1. The average Bonchev–Trinajstić information content (AvgIpc) is 2.64. The van der Waals surface area contributed by atoms with Gasteiger partial charge in [0.25, 0.3) is 0 Å². The molecule has 0 saturated heterocycles. The molecule has 0 amide bonds. The Morgan fingerprint density at radius 3 is 2.48 bits per heavy atom. The largest absolute Gasteiger partial charge is 0.872 e. The zero-order valence-corrected chi connectivity index (χ0v) is 16.8. The van der Waals surface area contributed by atoms with Gasteiger partial charge in [-0.1, -0.05) is 35.5 Å². The lowest BCUT2D eigenvalue weighted by atomic mass is 10.1. The Balaban J connectivity index is 0.000000646. The number of hydrogen-bond donors (Lipinski definition) is 3. The fourth-order valence-electron chi connectivity index (χ4n) is 2.48. The maximum atomic E-state index is 11.4. The van der Waals surface area contributed by atoms with E-state index in [-0.39, 0.29) is 5.56 Å². The number of carbonyl (C=O) groups is 1. The first-order valence-corrected chi connectivity index (χ1v) is 9.70. The summed E-state index contributed by atoms with van der Waals surface area (Å²) in [7, 11) is 0. The molecular weight excluding hydrogens is 364 g/mol. The third kappa shape index (κ3) is 9.31. The molecule has 0 fully saturated rings. The van der Waals surface area contributed by atoms with E-state index in [0.717, 1.165) is 30.8 Å². The molecule has 0 aliphatic heterocycles. The van der Waals surface area contributed by atoms with E-state index in [4.69, 9.17) is 16.7 Å². The topological polar surface area (TPSA) is 89.0 Å². The van der Waals surface area contributed by atoms with E-state index < -0.39 is 11.7 Å². The summed E-state index contributed by atoms with van der Waals surface area (Å²) in [6, 6.07) is 12.1. The predicted molar refractivity (Wildman–Crippen MR) is 109 cm³/mol. The second-order valence-corrected chi connectivity index (χ2v) is 6.57. The van der Waals surface area contributed by atoms with E-state index in [1.807, 2.05) is 24.3 Å². The van der Waals surface area contributed by atoms with Crippen molar-refractivity contribution in [1.29, 1.82) is 0 Å². The molecule has 5 nitrogen and oxygen atoms in total. The Hall–Kier alpha value is -2.24. The first-order valence-electron chi connectivity index (χ1n) is 9.32. The number of benzene rings is 2. The normalized spacial score (nSPS) is 10.0. The molecule has 0 aliphatic carbocycles. The number of nitrogens with one attached hydrogen (secondary N) is 1. The highest BCUT2D eigenvalue weighted by Gasteiger charge is 2.04. The predicted octanol–water partition coefficient (Wildman–Crippen LogP) is 3.14. The molecule has 0 aliphatic rings. The van der Waals surface area contributed by atoms with Gasteiger partial charge >= 0.3 is 5.97 Å². The third-order valence-corrected chi connectivity index (χ3v) is 4.13. The lowest BCUT2D eigenvalue weighted by Gasteiger charge is -2.13. The molecule has 148 valence electrons. The van der Waals surface area contributed by atoms with Crippen LogP contribution >= 0.6 is 11.6 Å². The molecule has 0 bridgehead atoms. The van der Waals surface area contributed by atoms with Gasteiger partial charge in [-0.15, -0.1) is 0 Å². The molecule has 2 rings (SSSR count). The summed E-state index contributed by atoms with van der Waals surface area (Å²) in [6.07, 6.45) is 2.88. The standard InChI is InChI=1S/C17H18ClNO3.C4H11N/c18-13-6-3-5-12(10-13)4-1-2-9-19-14-7-8-16(20)15(11-14)17(21)22;1-3-5-4-2/h3,5-8,10-11,19-20H,1-2,4,9H2,(H,21,22);5H,3-4H2,1-2H3. The molecule has 27 heavy (non-hydrogen) atoms. The molecule has 0 heterocycles. The minimum absolute atomic E-state index is 0.205. The van der Waals surface area contributed by atoms with Crippen LogP contribution in [0.1, 0.15) is 42.6 Å². The second kappa shape index (κ2) is 13.0. The van der Waals surface area contributed by atoms with E-state index >= 15 is 0 Å². The van der Waals surface area contributed by atoms with Crippen LogP contribution in [0.15, 0.2) is 42.5 Å². The fraction of sp³-hybridized carbons (Fsp3) is 0.381. The third-order valence-electron chi connectivity index (χ3n) is 3.90. The monoisotopic (exact) mass is 392 g/mol. The minimum Gasteiger partial charge on any atom is -0.872 e. The van der Waals surface area contributed by atoms with Crippen LogP contribution in [-0.4, -0.2) is 30.7 Å². The number of halogens is 1. The smallest absolute Gasteiger partial charge is 0.335 e. The molecule has 0 spiro atoms. The maximum Gasteiger partial charge on any atom is 0.335 e. The van der Waals surface area contributed by atoms with Gasteiger partial charge in [0, 0.05) is 17.3 Å². The first kappa shape index (κ1) is 22.8. The summed E-state index contributed by atoms with van der Waals surface area (Å²) in [5.74, 6) is -1.67. The molecule has 6 heteroatoms. The molecule has 0 unspecified atom stereocenters. The van der Waals surface area contributed by atoms with Gasteiger partial charge in [0.1, 0.15) is 0 Å². The molecular formula is C21H29ClN2O3. The Kier molecular flexibility index (Phi) is 11.0. The summed E-state index contributed by atoms with van der Waals surface area (Å²) < 4.78 is 0. The molecule has 0 atom stereocenters. The van der Waals surface area contributed by atoms with Crippen LogP contribution in [0.3, 0.4) is 0 Å². The van der Waals surface area contributed by atoms with Crippen molar-refractivity contribution in [3.63, 3.8) is 0 Å². The van der Waals surface area contributed by atoms with Crippen LogP contribution in [0, 0.1) is 0 Å². The second-order valence-electron chi connectivity index (χ2n) is 6.14. The van der Waals surface area contributed by atoms with Crippen LogP contribution in [0.2, 0.25) is 5.02 Å². The number of hydrogen-bond acceptors (Lipinski definition) is 3. The summed E-state index contributed by atoms with van der Waals surface area (Å²) in [5.41, 5.74) is 1.65. The lowest BCUT2D eigenvalue weighted by molar-refractivity contribution is -0.648. The van der Waals surface area contributed by atoms with Crippen molar-refractivity contribution < 1.29 is 20.3 Å². The van der Waals surface area contributed by atoms with Crippen LogP contribution in [0.25, 0.3) is 0 Å². The zero-order chi connectivity index (χ0) is 20.1. The minimum atomic E-state index is -1.20. The summed E-state index contributed by atoms with van der Waals surface area (Å²) in [5, 5.41) is 26.4. The highest BCUT2D eigenvalue weighted by Crippen LogP contribution is 2.19. The van der Waals surface area contributed by atoms with Crippen LogP contribution in [-0.2, 0) is 6.42 Å². The van der Waals surface area contributed by atoms with Gasteiger partial charge in [0.15, 0.2) is 0 Å². The number of carboxylic acids is 1. The number of anilines is 1. The van der Waals surface area contributed by atoms with Crippen molar-refractivity contribution in [2.75, 3.05) is 25.0 Å². The van der Waals surface area contributed by atoms with Gasteiger partial charge in [-0.05, 0) is 62.9 Å². The quantitative estimate of drug-likeness (QED) is 0.572. The van der Waals surface area contributed by atoms with Gasteiger partial charge in [0.2, 0.25) is 0 Å². The summed E-state index contributed by atoms with van der Waals surface area (Å²) in [4.78, 5) is 10.9. The van der Waals surface area contributed by atoms with Crippen molar-refractivity contribution in [3.05, 3.63) is 58.6 Å². The van der Waals surface area contributed by atoms with E-state index in [2.05, 4.69) is 24.5 Å². The van der Waals surface area contributed by atoms with Gasteiger partial charge in [-0.25, -0.2) is 4.79 Å². The number of carboxylic acid groups (broad SMARTS) is 1. The molecule has 0 saturated carbocycles. The van der Waals surface area contributed by atoms with E-state index in [1.165, 1.54) is 30.8 Å². The van der Waals surface area contributed by atoms with E-state index in [9.17, 15) is 9.90 Å². The Morgan fingerprint density at radius 2 is 1.89 bits per heavy atom. The number of aryl methyl sites for hydroxylation is 1. The molecule has 0 radical (unpaired) electrons. The van der Waals surface area contributed by atoms with Crippen molar-refractivity contribution in [2.24, 2.45) is 0 Å². The molecule has 4 N–H and O–H groups in total. The SMILES string of the molecule is CC[NH2+]CC.O=C(O)c1cc(NCCCCc2cccc(Cl)c2)ccc1[O-]. The fourth-order valence-corrected chi connectivity index (χ4v) is 2.69. The molecule has 2 aromatic rings. The van der Waals surface area contributed by atoms with Crippen molar-refractivity contribution in [1.82, 2.24) is 0 Å². The van der Waals surface area contributed by atoms with Crippen molar-refractivity contribution >= 4 is 23.3 Å². The highest BCUT2D eigenvalue weighted by molar-refractivity contribution is 6.30. The first-order chi connectivity index (χ1) is 13.0. The van der Waals surface area contributed by atoms with Gasteiger partial charge in [-0.3, -0.25) is 0 Å². The van der Waals surface area contributed by atoms with Crippen LogP contribution in [0.4, 0.5) is 5.69 Å². The average molecular weight is 393 g/mol. The number of nitrogens with two attached hydrogens (primary N) is 1. The van der Waals surface area contributed by atoms with Gasteiger partial charge in [0.05, 0.1) is 18.7 Å². The molecule has 2 aromatic carbocycles. The zero-order valence-electron chi connectivity index (χ0n) is 16.0. The van der Waals surface area contributed by atoms with E-state index in [0.29, 0.717) is 5.69 Å². The van der Waals surface area contributed by atoms with Gasteiger partial charge in [-0.2, -0.15) is 0 Å². The van der Waals surface area contributed by atoms with E-state index in [1.54, 1.807) is 6.07 Å².